The maximum absolute atomic E-state index is 12.4. The molecule has 0 aliphatic heterocycles. The minimum atomic E-state index is -0.103. The number of thioether (sulfide) groups is 1. The van der Waals surface area contributed by atoms with Crippen LogP contribution in [0.15, 0.2) is 53.4 Å². The Balaban J connectivity index is 1.60. The van der Waals surface area contributed by atoms with Gasteiger partial charge in [-0.2, -0.15) is 0 Å². The van der Waals surface area contributed by atoms with E-state index in [4.69, 9.17) is 0 Å². The largest absolute Gasteiger partial charge is 0.349 e. The van der Waals surface area contributed by atoms with Crippen molar-refractivity contribution in [3.8, 4) is 0 Å². The van der Waals surface area contributed by atoms with E-state index in [1.165, 1.54) is 36.0 Å². The summed E-state index contributed by atoms with van der Waals surface area (Å²) in [5.41, 5.74) is 4.13. The molecule has 0 saturated carbocycles. The van der Waals surface area contributed by atoms with E-state index >= 15 is 0 Å². The summed E-state index contributed by atoms with van der Waals surface area (Å²) in [6, 6.07) is 16.8. The topological polar surface area (TPSA) is 29.1 Å². The number of nitrogens with one attached hydrogen (secondary N) is 1. The molecule has 0 heterocycles. The summed E-state index contributed by atoms with van der Waals surface area (Å²) in [6.07, 6.45) is 3.62. The predicted octanol–water partition coefficient (Wildman–Crippen LogP) is 4.53. The summed E-state index contributed by atoms with van der Waals surface area (Å²) in [5, 5.41) is 3.05. The lowest BCUT2D eigenvalue weighted by molar-refractivity contribution is -0.120. The molecule has 0 radical (unpaired) electrons. The third kappa shape index (κ3) is 3.97. The number of carbonyl (C=O) groups excluding carboxylic acids is 1. The molecule has 0 fully saturated rings. The van der Waals surface area contributed by atoms with Gasteiger partial charge in [0.1, 0.15) is 0 Å². The molecule has 1 amide bonds. The Bertz CT molecular complexity index is 683. The molecule has 1 aliphatic carbocycles. The van der Waals surface area contributed by atoms with Gasteiger partial charge in [-0.15, -0.1) is 11.8 Å². The average molecular weight is 325 g/mol. The van der Waals surface area contributed by atoms with E-state index in [0.29, 0.717) is 0 Å². The van der Waals surface area contributed by atoms with Crippen molar-refractivity contribution in [2.45, 2.75) is 49.3 Å². The third-order valence-corrected chi connectivity index (χ3v) is 5.52. The van der Waals surface area contributed by atoms with Gasteiger partial charge < -0.3 is 5.32 Å². The number of aryl methyl sites for hydroxylation is 2. The van der Waals surface area contributed by atoms with Gasteiger partial charge in [0.05, 0.1) is 11.3 Å². The molecule has 1 aliphatic rings. The summed E-state index contributed by atoms with van der Waals surface area (Å²) >= 11 is 1.60. The van der Waals surface area contributed by atoms with Crippen LogP contribution in [-0.2, 0) is 17.6 Å². The second-order valence-electron chi connectivity index (χ2n) is 6.19. The molecule has 2 aromatic carbocycles. The van der Waals surface area contributed by atoms with Gasteiger partial charge in [-0.1, -0.05) is 36.4 Å². The second-order valence-corrected chi connectivity index (χ2v) is 7.60. The van der Waals surface area contributed by atoms with Gasteiger partial charge in [-0.05, 0) is 61.9 Å². The number of amides is 1. The lowest BCUT2D eigenvalue weighted by Gasteiger charge is -2.18. The van der Waals surface area contributed by atoms with Crippen LogP contribution in [-0.4, -0.2) is 11.2 Å². The first-order chi connectivity index (χ1) is 11.1. The monoisotopic (exact) mass is 325 g/mol. The summed E-state index contributed by atoms with van der Waals surface area (Å²) in [4.78, 5) is 13.6. The number of rotatable bonds is 5. The summed E-state index contributed by atoms with van der Waals surface area (Å²) in [7, 11) is 0. The first kappa shape index (κ1) is 16.1. The van der Waals surface area contributed by atoms with Crippen LogP contribution in [0.4, 0.5) is 0 Å². The molecule has 0 bridgehead atoms. The van der Waals surface area contributed by atoms with Crippen LogP contribution in [0.2, 0.25) is 0 Å². The first-order valence-corrected chi connectivity index (χ1v) is 9.15. The van der Waals surface area contributed by atoms with Crippen LogP contribution < -0.4 is 5.32 Å². The molecule has 3 rings (SSSR count). The number of hydrogen-bond donors (Lipinski definition) is 1. The molecule has 2 nitrogen and oxygen atoms in total. The van der Waals surface area contributed by atoms with E-state index in [1.807, 2.05) is 37.3 Å². The van der Waals surface area contributed by atoms with Gasteiger partial charge in [0.2, 0.25) is 5.91 Å². The second kappa shape index (κ2) is 7.22. The van der Waals surface area contributed by atoms with E-state index in [-0.39, 0.29) is 17.2 Å². The van der Waals surface area contributed by atoms with Gasteiger partial charge in [-0.25, -0.2) is 0 Å². The fourth-order valence-corrected chi connectivity index (χ4v) is 3.93. The molecule has 0 aromatic heterocycles. The van der Waals surface area contributed by atoms with Crippen molar-refractivity contribution >= 4 is 17.7 Å². The Morgan fingerprint density at radius 2 is 1.78 bits per heavy atom. The highest BCUT2D eigenvalue weighted by Crippen LogP contribution is 2.26. The van der Waals surface area contributed by atoms with E-state index in [1.54, 1.807) is 11.8 Å². The number of carbonyl (C=O) groups is 1. The first-order valence-electron chi connectivity index (χ1n) is 8.27. The predicted molar refractivity (Wildman–Crippen MR) is 96.8 cm³/mol. The Labute approximate surface area is 142 Å². The van der Waals surface area contributed by atoms with Crippen molar-refractivity contribution in [2.75, 3.05) is 0 Å². The van der Waals surface area contributed by atoms with Crippen LogP contribution in [0.5, 0.6) is 0 Å². The van der Waals surface area contributed by atoms with Gasteiger partial charge in [0, 0.05) is 4.90 Å². The Hall–Kier alpha value is -1.74. The van der Waals surface area contributed by atoms with E-state index in [9.17, 15) is 4.79 Å². The molecule has 1 N–H and O–H groups in total. The molecule has 2 atom stereocenters. The van der Waals surface area contributed by atoms with E-state index < -0.39 is 0 Å². The standard InChI is InChI=1S/C20H23NOS/c1-14(17-12-11-16-7-6-8-18(16)13-17)21-20(22)15(2)23-19-9-4-3-5-10-19/h3-5,9-15H,6-8H2,1-2H3,(H,21,22)/t14-,15-/m0/s1. The summed E-state index contributed by atoms with van der Waals surface area (Å²) < 4.78 is 0. The van der Waals surface area contributed by atoms with Gasteiger partial charge >= 0.3 is 0 Å². The summed E-state index contributed by atoms with van der Waals surface area (Å²) in [5.74, 6) is 0.0897. The minimum Gasteiger partial charge on any atom is -0.349 e. The van der Waals surface area contributed by atoms with Gasteiger partial charge in [0.25, 0.3) is 0 Å². The van der Waals surface area contributed by atoms with Crippen LogP contribution in [0, 0.1) is 0 Å². The Morgan fingerprint density at radius 3 is 2.57 bits per heavy atom. The number of fused-ring (bicyclic) bond motifs is 1. The lowest BCUT2D eigenvalue weighted by atomic mass is 10.0. The zero-order valence-electron chi connectivity index (χ0n) is 13.7. The zero-order valence-corrected chi connectivity index (χ0v) is 14.5. The molecular weight excluding hydrogens is 302 g/mol. The van der Waals surface area contributed by atoms with Crippen LogP contribution in [0.25, 0.3) is 0 Å². The molecule has 2 aromatic rings. The Morgan fingerprint density at radius 1 is 1.04 bits per heavy atom. The smallest absolute Gasteiger partial charge is 0.233 e. The maximum atomic E-state index is 12.4. The molecule has 0 saturated heterocycles. The highest BCUT2D eigenvalue weighted by molar-refractivity contribution is 8.00. The fraction of sp³-hybridized carbons (Fsp3) is 0.350. The van der Waals surface area contributed by atoms with Crippen molar-refractivity contribution in [1.29, 1.82) is 0 Å². The molecule has 120 valence electrons. The molecule has 23 heavy (non-hydrogen) atoms. The highest BCUT2D eigenvalue weighted by Gasteiger charge is 2.18. The van der Waals surface area contributed by atoms with Gasteiger partial charge in [-0.3, -0.25) is 4.79 Å². The molecule has 3 heteroatoms. The van der Waals surface area contributed by atoms with E-state index in [0.717, 1.165) is 4.90 Å². The highest BCUT2D eigenvalue weighted by atomic mass is 32.2. The number of benzene rings is 2. The van der Waals surface area contributed by atoms with Crippen molar-refractivity contribution in [1.82, 2.24) is 5.32 Å². The molecule has 0 spiro atoms. The van der Waals surface area contributed by atoms with Crippen molar-refractivity contribution < 1.29 is 4.79 Å². The van der Waals surface area contributed by atoms with Crippen LogP contribution >= 0.6 is 11.8 Å². The van der Waals surface area contributed by atoms with Gasteiger partial charge in [0.15, 0.2) is 0 Å². The number of hydrogen-bond acceptors (Lipinski definition) is 2. The van der Waals surface area contributed by atoms with Crippen molar-refractivity contribution in [2.24, 2.45) is 0 Å². The average Bonchev–Trinajstić information content (AvgIpc) is 3.03. The summed E-state index contributed by atoms with van der Waals surface area (Å²) in [6.45, 7) is 4.02. The minimum absolute atomic E-state index is 0.0484. The lowest BCUT2D eigenvalue weighted by Crippen LogP contribution is -2.33. The molecule has 0 unspecified atom stereocenters. The normalized spacial score (nSPS) is 15.7. The maximum Gasteiger partial charge on any atom is 0.233 e. The van der Waals surface area contributed by atoms with Crippen molar-refractivity contribution in [3.05, 3.63) is 65.2 Å². The SMILES string of the molecule is C[C@H](Sc1ccccc1)C(=O)N[C@@H](C)c1ccc2c(c1)CCC2. The quantitative estimate of drug-likeness (QED) is 0.818. The van der Waals surface area contributed by atoms with Crippen molar-refractivity contribution in [3.63, 3.8) is 0 Å². The Kier molecular flexibility index (Phi) is 5.06. The van der Waals surface area contributed by atoms with Crippen LogP contribution in [0.3, 0.4) is 0 Å². The van der Waals surface area contributed by atoms with Crippen LogP contribution in [0.1, 0.15) is 43.0 Å². The molecular formula is C20H23NOS. The fourth-order valence-electron chi connectivity index (χ4n) is 3.03. The van der Waals surface area contributed by atoms with E-state index in [2.05, 4.69) is 30.4 Å². The third-order valence-electron chi connectivity index (χ3n) is 4.41. The zero-order chi connectivity index (χ0) is 16.2.